The van der Waals surface area contributed by atoms with Crippen LogP contribution in [0.4, 0.5) is 0 Å². The lowest BCUT2D eigenvalue weighted by atomic mass is 10.2. The first-order valence-corrected chi connectivity index (χ1v) is 5.03. The first kappa shape index (κ1) is 12.6. The van der Waals surface area contributed by atoms with Crippen molar-refractivity contribution in [3.05, 3.63) is 0 Å². The Bertz CT molecular complexity index is 152. The number of hydrogen-bond acceptors (Lipinski definition) is 1. The second-order valence-electron chi connectivity index (χ2n) is 2.23. The lowest BCUT2D eigenvalue weighted by molar-refractivity contribution is -0.137. The van der Waals surface area contributed by atoms with Gasteiger partial charge in [0.05, 0.1) is 22.6 Å². The van der Waals surface area contributed by atoms with Crippen molar-refractivity contribution in [3.8, 4) is 0 Å². The fraction of sp³-hybridized carbons (Fsp3) is 0.833. The topological polar surface area (TPSA) is 37.3 Å². The molecule has 6 heteroatoms. The zero-order valence-electron chi connectivity index (χ0n) is 6.01. The summed E-state index contributed by atoms with van der Waals surface area (Å²) in [5, 5.41) is 6.55. The number of carboxylic acids is 1. The predicted molar refractivity (Wildman–Crippen MR) is 51.9 cm³/mol. The van der Waals surface area contributed by atoms with E-state index in [0.29, 0.717) is 0 Å². The second-order valence-corrected chi connectivity index (χ2v) is 4.16. The Morgan fingerprint density at radius 2 is 1.75 bits per heavy atom. The van der Waals surface area contributed by atoms with Gasteiger partial charge in [-0.3, -0.25) is 4.79 Å². The van der Waals surface area contributed by atoms with Gasteiger partial charge in [-0.2, -0.15) is 0 Å². The van der Waals surface area contributed by atoms with Crippen molar-refractivity contribution in [1.29, 1.82) is 0 Å². The summed E-state index contributed by atoms with van der Waals surface area (Å²) in [7, 11) is 0. The first-order chi connectivity index (χ1) is 5.49. The molecule has 0 aromatic carbocycles. The monoisotopic (exact) mass is 252 g/mol. The molecule has 0 aliphatic heterocycles. The van der Waals surface area contributed by atoms with Gasteiger partial charge in [0.1, 0.15) is 0 Å². The molecule has 0 saturated heterocycles. The molecule has 2 nitrogen and oxygen atoms in total. The largest absolute Gasteiger partial charge is 0.481 e. The molecular formula is C6H8Cl4O2. The highest BCUT2D eigenvalue weighted by atomic mass is 35.5. The molecule has 0 heterocycles. The molecular weight excluding hydrogens is 246 g/mol. The molecule has 0 amide bonds. The number of rotatable bonds is 5. The Hall–Kier alpha value is 0.630. The molecule has 0 aromatic rings. The van der Waals surface area contributed by atoms with Crippen LogP contribution in [0.5, 0.6) is 0 Å². The van der Waals surface area contributed by atoms with Crippen LogP contribution in [-0.2, 0) is 4.79 Å². The number of hydrogen-bond donors (Lipinski definition) is 1. The van der Waals surface area contributed by atoms with Crippen LogP contribution >= 0.6 is 46.4 Å². The maximum Gasteiger partial charge on any atom is 0.304 e. The number of aliphatic carboxylic acids is 1. The molecule has 72 valence electrons. The average Bonchev–Trinajstić information content (AvgIpc) is 2.00. The molecule has 0 bridgehead atoms. The van der Waals surface area contributed by atoms with E-state index in [1.807, 2.05) is 0 Å². The van der Waals surface area contributed by atoms with Crippen molar-refractivity contribution < 1.29 is 9.90 Å². The summed E-state index contributed by atoms with van der Waals surface area (Å²) < 4.78 is 0. The van der Waals surface area contributed by atoms with Crippen LogP contribution in [0.1, 0.15) is 6.42 Å². The zero-order valence-corrected chi connectivity index (χ0v) is 9.04. The van der Waals surface area contributed by atoms with Gasteiger partial charge in [0.25, 0.3) is 0 Å². The minimum Gasteiger partial charge on any atom is -0.481 e. The molecule has 0 rings (SSSR count). The lowest BCUT2D eigenvalue weighted by Crippen LogP contribution is -2.28. The lowest BCUT2D eigenvalue weighted by Gasteiger charge is -2.17. The summed E-state index contributed by atoms with van der Waals surface area (Å²) in [6, 6.07) is 0. The van der Waals surface area contributed by atoms with Crippen LogP contribution in [0.15, 0.2) is 0 Å². The third kappa shape index (κ3) is 4.61. The summed E-state index contributed by atoms with van der Waals surface area (Å²) in [6.07, 6.45) is -0.212. The van der Waals surface area contributed by atoms with Gasteiger partial charge in [-0.05, 0) is 0 Å². The van der Waals surface area contributed by atoms with Crippen LogP contribution in [0.25, 0.3) is 0 Å². The molecule has 0 radical (unpaired) electrons. The van der Waals surface area contributed by atoms with E-state index < -0.39 is 22.1 Å². The van der Waals surface area contributed by atoms with Gasteiger partial charge in [0.2, 0.25) is 0 Å². The van der Waals surface area contributed by atoms with E-state index in [9.17, 15) is 4.79 Å². The van der Waals surface area contributed by atoms with Crippen LogP contribution in [0.3, 0.4) is 0 Å². The maximum absolute atomic E-state index is 10.2. The van der Waals surface area contributed by atoms with Crippen molar-refractivity contribution >= 4 is 52.4 Å². The minimum atomic E-state index is -1.00. The summed E-state index contributed by atoms with van der Waals surface area (Å²) in [4.78, 5) is 10.2. The standard InChI is InChI=1S/C6H8Cl4O2/c7-2-4(9)6(10)3(8)1-5(11)12/h3-4,6H,1-2H2,(H,11,12). The smallest absolute Gasteiger partial charge is 0.304 e. The van der Waals surface area contributed by atoms with E-state index in [0.717, 1.165) is 0 Å². The van der Waals surface area contributed by atoms with Gasteiger partial charge in [-0.1, -0.05) is 0 Å². The third-order valence-corrected chi connectivity index (χ3v) is 3.42. The van der Waals surface area contributed by atoms with Crippen molar-refractivity contribution in [2.24, 2.45) is 0 Å². The molecule has 3 unspecified atom stereocenters. The third-order valence-electron chi connectivity index (χ3n) is 1.21. The van der Waals surface area contributed by atoms with E-state index in [4.69, 9.17) is 51.5 Å². The Labute approximate surface area is 90.7 Å². The quantitative estimate of drug-likeness (QED) is 0.765. The molecule has 0 aliphatic carbocycles. The van der Waals surface area contributed by atoms with Crippen LogP contribution in [-0.4, -0.2) is 33.1 Å². The van der Waals surface area contributed by atoms with E-state index >= 15 is 0 Å². The molecule has 0 fully saturated rings. The zero-order chi connectivity index (χ0) is 9.72. The molecule has 0 aromatic heterocycles. The van der Waals surface area contributed by atoms with Gasteiger partial charge in [-0.15, -0.1) is 46.4 Å². The average molecular weight is 254 g/mol. The fourth-order valence-corrected chi connectivity index (χ4v) is 1.61. The van der Waals surface area contributed by atoms with Gasteiger partial charge in [0, 0.05) is 5.88 Å². The van der Waals surface area contributed by atoms with Crippen molar-refractivity contribution in [2.45, 2.75) is 22.6 Å². The molecule has 0 aliphatic rings. The van der Waals surface area contributed by atoms with Crippen molar-refractivity contribution in [3.63, 3.8) is 0 Å². The second kappa shape index (κ2) is 6.14. The molecule has 12 heavy (non-hydrogen) atoms. The predicted octanol–water partition coefficient (Wildman–Crippen LogP) is 2.52. The first-order valence-electron chi connectivity index (χ1n) is 3.19. The highest BCUT2D eigenvalue weighted by Gasteiger charge is 2.25. The van der Waals surface area contributed by atoms with E-state index in [2.05, 4.69) is 0 Å². The SMILES string of the molecule is O=C(O)CC(Cl)C(Cl)C(Cl)CCl. The summed E-state index contributed by atoms with van der Waals surface area (Å²) in [6.45, 7) is 0. The molecule has 3 atom stereocenters. The Morgan fingerprint density at radius 3 is 2.08 bits per heavy atom. The van der Waals surface area contributed by atoms with Gasteiger partial charge in [-0.25, -0.2) is 0 Å². The number of carboxylic acid groups (broad SMARTS) is 1. The molecule has 1 N–H and O–H groups in total. The van der Waals surface area contributed by atoms with Crippen molar-refractivity contribution in [2.75, 3.05) is 5.88 Å². The summed E-state index contributed by atoms with van der Waals surface area (Å²) in [5.41, 5.74) is 0. The van der Waals surface area contributed by atoms with E-state index in [1.165, 1.54) is 0 Å². The maximum atomic E-state index is 10.2. The summed E-state index contributed by atoms with van der Waals surface area (Å²) >= 11 is 22.4. The molecule has 0 saturated carbocycles. The van der Waals surface area contributed by atoms with Crippen LogP contribution in [0.2, 0.25) is 0 Å². The minimum absolute atomic E-state index is 0.151. The fourth-order valence-electron chi connectivity index (χ4n) is 0.591. The summed E-state index contributed by atoms with van der Waals surface area (Å²) in [5.74, 6) is -0.849. The normalized spacial score (nSPS) is 18.3. The Balaban J connectivity index is 3.91. The number of alkyl halides is 4. The van der Waals surface area contributed by atoms with Gasteiger partial charge < -0.3 is 5.11 Å². The highest BCUT2D eigenvalue weighted by molar-refractivity contribution is 6.37. The van der Waals surface area contributed by atoms with Crippen LogP contribution in [0, 0.1) is 0 Å². The Morgan fingerprint density at radius 1 is 1.25 bits per heavy atom. The highest BCUT2D eigenvalue weighted by Crippen LogP contribution is 2.21. The number of carbonyl (C=O) groups is 1. The van der Waals surface area contributed by atoms with Crippen molar-refractivity contribution in [1.82, 2.24) is 0 Å². The van der Waals surface area contributed by atoms with Gasteiger partial charge >= 0.3 is 5.97 Å². The van der Waals surface area contributed by atoms with Gasteiger partial charge in [0.15, 0.2) is 0 Å². The van der Waals surface area contributed by atoms with E-state index in [1.54, 1.807) is 0 Å². The Kier molecular flexibility index (Phi) is 6.46. The van der Waals surface area contributed by atoms with Crippen LogP contribution < -0.4 is 0 Å². The van der Waals surface area contributed by atoms with E-state index in [-0.39, 0.29) is 12.3 Å². The number of halogens is 4. The molecule has 0 spiro atoms.